The summed E-state index contributed by atoms with van der Waals surface area (Å²) in [6.07, 6.45) is -2.43. The Balaban J connectivity index is 0.000000472. The van der Waals surface area contributed by atoms with E-state index in [0.717, 1.165) is 41.6 Å². The molecule has 0 saturated heterocycles. The SMILES string of the molecule is Cc1cccc(F)c1.O=C(NCCC(F)F)c1cc(C2CCCCC2)c(=O)n(Cc2ncccc2C(F)(F)F)n1. The number of carbonyl (C=O) groups excluding carboxylic acids is 1. The Kier molecular flexibility index (Phi) is 10.9. The third-order valence-electron chi connectivity index (χ3n) is 6.40. The molecule has 0 bridgehead atoms. The highest BCUT2D eigenvalue weighted by Gasteiger charge is 2.34. The molecule has 0 spiro atoms. The molecule has 12 heteroatoms. The van der Waals surface area contributed by atoms with Crippen molar-refractivity contribution >= 4 is 5.91 Å². The number of nitrogens with one attached hydrogen (secondary N) is 1. The summed E-state index contributed by atoms with van der Waals surface area (Å²) in [5.41, 5.74) is -0.934. The number of aryl methyl sites for hydroxylation is 1. The normalized spacial score (nSPS) is 14.0. The van der Waals surface area contributed by atoms with Gasteiger partial charge in [0.25, 0.3) is 11.5 Å². The third-order valence-corrected chi connectivity index (χ3v) is 6.40. The molecule has 1 aliphatic rings. The number of carbonyl (C=O) groups is 1. The molecule has 1 fully saturated rings. The van der Waals surface area contributed by atoms with Crippen LogP contribution in [-0.2, 0) is 12.7 Å². The van der Waals surface area contributed by atoms with Gasteiger partial charge < -0.3 is 5.32 Å². The van der Waals surface area contributed by atoms with Crippen molar-refractivity contribution in [2.45, 2.75) is 70.5 Å². The first-order chi connectivity index (χ1) is 19.0. The molecule has 1 aromatic carbocycles. The molecule has 0 unspecified atom stereocenters. The molecule has 0 atom stereocenters. The maximum absolute atomic E-state index is 13.4. The first-order valence-corrected chi connectivity index (χ1v) is 12.9. The van der Waals surface area contributed by atoms with Gasteiger partial charge in [-0.15, -0.1) is 0 Å². The van der Waals surface area contributed by atoms with Crippen LogP contribution in [0.25, 0.3) is 0 Å². The van der Waals surface area contributed by atoms with Crippen LogP contribution in [0.5, 0.6) is 0 Å². The fraction of sp³-hybridized carbons (Fsp3) is 0.429. The number of amides is 1. The molecule has 4 rings (SSSR count). The summed E-state index contributed by atoms with van der Waals surface area (Å²) in [4.78, 5) is 29.3. The van der Waals surface area contributed by atoms with Crippen LogP contribution in [0.4, 0.5) is 26.3 Å². The zero-order chi connectivity index (χ0) is 29.3. The molecule has 1 amide bonds. The molecule has 3 aromatic rings. The number of halogens is 6. The Hall–Kier alpha value is -3.70. The van der Waals surface area contributed by atoms with Crippen LogP contribution in [0, 0.1) is 12.7 Å². The van der Waals surface area contributed by atoms with E-state index in [-0.39, 0.29) is 24.0 Å². The highest BCUT2D eigenvalue weighted by Crippen LogP contribution is 2.32. The second-order valence-corrected chi connectivity index (χ2v) is 9.51. The van der Waals surface area contributed by atoms with E-state index in [1.165, 1.54) is 24.4 Å². The molecule has 216 valence electrons. The van der Waals surface area contributed by atoms with Crippen molar-refractivity contribution in [3.05, 3.63) is 92.9 Å². The van der Waals surface area contributed by atoms with Crippen molar-refractivity contribution in [2.75, 3.05) is 6.54 Å². The zero-order valence-corrected chi connectivity index (χ0v) is 21.9. The molecule has 1 saturated carbocycles. The summed E-state index contributed by atoms with van der Waals surface area (Å²) < 4.78 is 77.8. The summed E-state index contributed by atoms with van der Waals surface area (Å²) in [5.74, 6) is -1.08. The highest BCUT2D eigenvalue weighted by atomic mass is 19.4. The first-order valence-electron chi connectivity index (χ1n) is 12.9. The van der Waals surface area contributed by atoms with E-state index < -0.39 is 48.3 Å². The Morgan fingerprint density at radius 2 is 1.82 bits per heavy atom. The summed E-state index contributed by atoms with van der Waals surface area (Å²) in [5, 5.41) is 6.26. The van der Waals surface area contributed by atoms with Gasteiger partial charge >= 0.3 is 6.18 Å². The fourth-order valence-electron chi connectivity index (χ4n) is 4.44. The monoisotopic (exact) mass is 568 g/mol. The minimum atomic E-state index is -4.68. The topological polar surface area (TPSA) is 76.9 Å². The van der Waals surface area contributed by atoms with Crippen LogP contribution >= 0.6 is 0 Å². The van der Waals surface area contributed by atoms with Gasteiger partial charge in [0, 0.05) is 24.7 Å². The number of hydrogen-bond acceptors (Lipinski definition) is 4. The Bertz CT molecular complexity index is 1320. The molecule has 40 heavy (non-hydrogen) atoms. The van der Waals surface area contributed by atoms with Crippen molar-refractivity contribution < 1.29 is 31.1 Å². The number of rotatable bonds is 7. The van der Waals surface area contributed by atoms with E-state index in [2.05, 4.69) is 15.4 Å². The van der Waals surface area contributed by atoms with E-state index in [0.29, 0.717) is 18.4 Å². The summed E-state index contributed by atoms with van der Waals surface area (Å²) >= 11 is 0. The number of aromatic nitrogens is 3. The van der Waals surface area contributed by atoms with Crippen molar-refractivity contribution in [1.82, 2.24) is 20.1 Å². The summed E-state index contributed by atoms with van der Waals surface area (Å²) in [6.45, 7) is 0.990. The summed E-state index contributed by atoms with van der Waals surface area (Å²) in [7, 11) is 0. The minimum Gasteiger partial charge on any atom is -0.350 e. The van der Waals surface area contributed by atoms with Crippen LogP contribution in [0.3, 0.4) is 0 Å². The van der Waals surface area contributed by atoms with Crippen molar-refractivity contribution in [3.63, 3.8) is 0 Å². The molecule has 6 nitrogen and oxygen atoms in total. The van der Waals surface area contributed by atoms with E-state index in [4.69, 9.17) is 0 Å². The largest absolute Gasteiger partial charge is 0.418 e. The lowest BCUT2D eigenvalue weighted by molar-refractivity contribution is -0.138. The number of benzene rings is 1. The lowest BCUT2D eigenvalue weighted by atomic mass is 9.84. The van der Waals surface area contributed by atoms with Crippen LogP contribution in [-0.4, -0.2) is 33.6 Å². The second kappa shape index (κ2) is 14.1. The lowest BCUT2D eigenvalue weighted by Gasteiger charge is -2.22. The number of hydrogen-bond donors (Lipinski definition) is 1. The Morgan fingerprint density at radius 3 is 2.42 bits per heavy atom. The van der Waals surface area contributed by atoms with Crippen LogP contribution in [0.1, 0.15) is 77.3 Å². The smallest absolute Gasteiger partial charge is 0.350 e. The number of nitrogens with zero attached hydrogens (tertiary/aromatic N) is 3. The van der Waals surface area contributed by atoms with E-state index >= 15 is 0 Å². The van der Waals surface area contributed by atoms with Gasteiger partial charge in [0.15, 0.2) is 0 Å². The van der Waals surface area contributed by atoms with Gasteiger partial charge in [-0.25, -0.2) is 17.9 Å². The van der Waals surface area contributed by atoms with Crippen molar-refractivity contribution in [3.8, 4) is 0 Å². The highest BCUT2D eigenvalue weighted by molar-refractivity contribution is 5.92. The molecule has 0 radical (unpaired) electrons. The molecule has 2 heterocycles. The Labute approximate surface area is 227 Å². The van der Waals surface area contributed by atoms with Gasteiger partial charge in [-0.2, -0.15) is 18.3 Å². The quantitative estimate of drug-likeness (QED) is 0.341. The van der Waals surface area contributed by atoms with Gasteiger partial charge in [0.05, 0.1) is 17.8 Å². The lowest BCUT2D eigenvalue weighted by Crippen LogP contribution is -2.34. The van der Waals surface area contributed by atoms with Gasteiger partial charge in [0.1, 0.15) is 11.5 Å². The van der Waals surface area contributed by atoms with E-state index in [1.54, 1.807) is 6.07 Å². The van der Waals surface area contributed by atoms with Crippen LogP contribution in [0.2, 0.25) is 0 Å². The van der Waals surface area contributed by atoms with E-state index in [1.807, 2.05) is 13.0 Å². The molecule has 2 aromatic heterocycles. The van der Waals surface area contributed by atoms with Gasteiger partial charge in [0.2, 0.25) is 6.43 Å². The molecule has 1 aliphatic carbocycles. The average molecular weight is 569 g/mol. The van der Waals surface area contributed by atoms with Gasteiger partial charge in [-0.1, -0.05) is 31.4 Å². The summed E-state index contributed by atoms with van der Waals surface area (Å²) in [6, 6.07) is 9.83. The standard InChI is InChI=1S/C21H23F5N4O2.C7H7F/c22-18(23)8-10-28-19(31)16-11-14(13-5-2-1-3-6-13)20(32)30(29-16)12-17-15(21(24,25)26)7-4-9-27-17;1-6-3-2-4-7(8)5-6/h4,7,9,11,13,18H,1-3,5-6,8,10,12H2,(H,28,31);2-5H,1H3. The fourth-order valence-corrected chi connectivity index (χ4v) is 4.44. The predicted octanol–water partition coefficient (Wildman–Crippen LogP) is 6.27. The minimum absolute atomic E-state index is 0.149. The molecular weight excluding hydrogens is 538 g/mol. The number of alkyl halides is 5. The van der Waals surface area contributed by atoms with Crippen molar-refractivity contribution in [2.24, 2.45) is 0 Å². The molecule has 0 aliphatic heterocycles. The zero-order valence-electron chi connectivity index (χ0n) is 21.9. The first kappa shape index (κ1) is 30.8. The van der Waals surface area contributed by atoms with Gasteiger partial charge in [-0.05, 0) is 61.6 Å². The number of pyridine rings is 1. The third kappa shape index (κ3) is 8.92. The molecular formula is C28H30F6N4O2. The Morgan fingerprint density at radius 1 is 1.10 bits per heavy atom. The van der Waals surface area contributed by atoms with Crippen LogP contribution in [0.15, 0.2) is 53.5 Å². The van der Waals surface area contributed by atoms with Crippen molar-refractivity contribution in [1.29, 1.82) is 0 Å². The van der Waals surface area contributed by atoms with Crippen LogP contribution < -0.4 is 10.9 Å². The van der Waals surface area contributed by atoms with Gasteiger partial charge in [-0.3, -0.25) is 14.6 Å². The maximum atomic E-state index is 13.4. The molecule has 1 N–H and O–H groups in total. The maximum Gasteiger partial charge on any atom is 0.418 e. The van der Waals surface area contributed by atoms with E-state index in [9.17, 15) is 35.9 Å². The average Bonchev–Trinajstić information content (AvgIpc) is 2.90. The second-order valence-electron chi connectivity index (χ2n) is 9.51. The predicted molar refractivity (Wildman–Crippen MR) is 137 cm³/mol.